The van der Waals surface area contributed by atoms with Gasteiger partial charge < -0.3 is 15.4 Å². The summed E-state index contributed by atoms with van der Waals surface area (Å²) in [6.07, 6.45) is 4.72. The highest BCUT2D eigenvalue weighted by molar-refractivity contribution is 7.92. The molecule has 2 aliphatic carbocycles. The highest BCUT2D eigenvalue weighted by Gasteiger charge is 2.38. The van der Waals surface area contributed by atoms with Crippen LogP contribution in [0.5, 0.6) is 0 Å². The predicted octanol–water partition coefficient (Wildman–Crippen LogP) is 6.29. The van der Waals surface area contributed by atoms with Crippen molar-refractivity contribution in [3.8, 4) is 10.4 Å². The van der Waals surface area contributed by atoms with E-state index in [-0.39, 0.29) is 23.5 Å². The fraction of sp³-hybridized carbons (Fsp3) is 0.481. The molecule has 5 rings (SSSR count). The number of nitrogens with zero attached hydrogens (tertiary/aromatic N) is 1. The van der Waals surface area contributed by atoms with E-state index in [2.05, 4.69) is 33.0 Å². The number of carbonyl (C=O) groups excluding carboxylic acids is 1. The number of hydrogen-bond donors (Lipinski definition) is 3. The minimum absolute atomic E-state index is 0.131. The number of aromatic amines is 1. The summed E-state index contributed by atoms with van der Waals surface area (Å²) in [4.78, 5) is 14.6. The normalized spacial score (nSPS) is 20.1. The summed E-state index contributed by atoms with van der Waals surface area (Å²) >= 11 is 1.68. The van der Waals surface area contributed by atoms with E-state index < -0.39 is 9.84 Å². The van der Waals surface area contributed by atoms with Gasteiger partial charge in [0, 0.05) is 38.8 Å². The number of anilines is 2. The number of aryl methyl sites for hydroxylation is 1. The van der Waals surface area contributed by atoms with Crippen molar-refractivity contribution >= 4 is 38.8 Å². The average Bonchev–Trinajstić information content (AvgIpc) is 3.48. The number of H-pyrrole nitrogens is 1. The lowest BCUT2D eigenvalue weighted by atomic mass is 9.85. The van der Waals surface area contributed by atoms with Crippen LogP contribution >= 0.6 is 11.3 Å². The molecule has 0 saturated heterocycles. The van der Waals surface area contributed by atoms with E-state index in [4.69, 9.17) is 4.74 Å². The smallest absolute Gasteiger partial charge is 0.407 e. The van der Waals surface area contributed by atoms with Crippen LogP contribution in [0.15, 0.2) is 41.3 Å². The molecule has 3 N–H and O–H groups in total. The molecule has 0 aliphatic heterocycles. The predicted molar refractivity (Wildman–Crippen MR) is 146 cm³/mol. The number of rotatable bonds is 8. The molecule has 2 aromatic heterocycles. The molecule has 0 bridgehead atoms. The third kappa shape index (κ3) is 6.01. The number of nitrogens with one attached hydrogen (secondary N) is 3. The van der Waals surface area contributed by atoms with Crippen molar-refractivity contribution in [2.75, 3.05) is 5.32 Å². The van der Waals surface area contributed by atoms with Gasteiger partial charge in [0.2, 0.25) is 0 Å². The van der Waals surface area contributed by atoms with Crippen molar-refractivity contribution in [1.82, 2.24) is 15.5 Å². The van der Waals surface area contributed by atoms with Crippen LogP contribution in [-0.2, 0) is 14.6 Å². The van der Waals surface area contributed by atoms with Crippen molar-refractivity contribution in [3.63, 3.8) is 0 Å². The van der Waals surface area contributed by atoms with Crippen molar-refractivity contribution in [3.05, 3.63) is 47.0 Å². The van der Waals surface area contributed by atoms with Gasteiger partial charge in [0.05, 0.1) is 16.2 Å². The zero-order valence-corrected chi connectivity index (χ0v) is 23.0. The van der Waals surface area contributed by atoms with E-state index in [0.717, 1.165) is 54.7 Å². The van der Waals surface area contributed by atoms with E-state index in [9.17, 15) is 13.2 Å². The maximum absolute atomic E-state index is 13.4. The molecule has 0 spiro atoms. The summed E-state index contributed by atoms with van der Waals surface area (Å²) < 4.78 is 32.0. The van der Waals surface area contributed by atoms with Crippen molar-refractivity contribution in [1.29, 1.82) is 0 Å². The first-order chi connectivity index (χ1) is 17.7. The topological polar surface area (TPSA) is 113 Å². The van der Waals surface area contributed by atoms with Gasteiger partial charge in [-0.3, -0.25) is 5.10 Å². The Morgan fingerprint density at radius 2 is 1.84 bits per heavy atom. The van der Waals surface area contributed by atoms with Crippen LogP contribution in [0.3, 0.4) is 0 Å². The third-order valence-corrected chi connectivity index (χ3v) is 10.5. The van der Waals surface area contributed by atoms with Crippen LogP contribution in [0.1, 0.15) is 68.9 Å². The molecular formula is C27H34N4O4S2. The molecule has 0 unspecified atom stereocenters. The molecule has 2 fully saturated rings. The molecule has 1 amide bonds. The maximum Gasteiger partial charge on any atom is 0.407 e. The SMILES string of the molecule is Cc1cc(Nc2ccc(-c3ccc([C@H]4CC[C@@H](NC(=O)OC(C)C)CC4)s3)c(S(=O)(=O)C3CC3)c2)n[nH]1. The fourth-order valence-electron chi connectivity index (χ4n) is 4.88. The number of ether oxygens (including phenoxy) is 1. The van der Waals surface area contributed by atoms with E-state index in [1.807, 2.05) is 39.0 Å². The number of benzene rings is 1. The van der Waals surface area contributed by atoms with Gasteiger partial charge in [-0.15, -0.1) is 11.3 Å². The van der Waals surface area contributed by atoms with Gasteiger partial charge in [-0.25, -0.2) is 13.2 Å². The molecule has 2 heterocycles. The van der Waals surface area contributed by atoms with Crippen molar-refractivity contribution < 1.29 is 17.9 Å². The summed E-state index contributed by atoms with van der Waals surface area (Å²) in [5.74, 6) is 1.06. The standard InChI is InChI=1S/C27H34N4O4S2/c1-16(2)35-27(32)29-19-6-4-18(5-7-19)23-12-13-24(36-23)22-11-8-20(28-26-14-17(3)30-31-26)15-25(22)37(33,34)21-9-10-21/h8,11-16,18-19,21H,4-7,9-10H2,1-3H3,(H,29,32)(H2,28,30,31)/t18-,19+. The number of sulfone groups is 1. The molecule has 10 heteroatoms. The van der Waals surface area contributed by atoms with Gasteiger partial charge in [0.15, 0.2) is 15.7 Å². The first-order valence-electron chi connectivity index (χ1n) is 12.9. The second kappa shape index (κ2) is 10.5. The molecule has 0 radical (unpaired) electrons. The van der Waals surface area contributed by atoms with Gasteiger partial charge in [-0.05, 0) is 89.5 Å². The van der Waals surface area contributed by atoms with Crippen LogP contribution < -0.4 is 10.6 Å². The Hall–Kier alpha value is -2.85. The highest BCUT2D eigenvalue weighted by Crippen LogP contribution is 2.44. The molecule has 37 heavy (non-hydrogen) atoms. The molecule has 8 nitrogen and oxygen atoms in total. The van der Waals surface area contributed by atoms with Crippen molar-refractivity contribution in [2.24, 2.45) is 0 Å². The molecule has 2 aliphatic rings. The Balaban J connectivity index is 1.33. The van der Waals surface area contributed by atoms with Gasteiger partial charge in [-0.1, -0.05) is 6.07 Å². The lowest BCUT2D eigenvalue weighted by Crippen LogP contribution is -2.38. The Morgan fingerprint density at radius 3 is 2.49 bits per heavy atom. The Kier molecular flexibility index (Phi) is 7.31. The summed E-state index contributed by atoms with van der Waals surface area (Å²) in [6, 6.07) is 11.8. The van der Waals surface area contributed by atoms with Crippen molar-refractivity contribution in [2.45, 2.75) is 87.5 Å². The summed E-state index contributed by atoms with van der Waals surface area (Å²) in [6.45, 7) is 5.61. The number of hydrogen-bond acceptors (Lipinski definition) is 7. The second-order valence-electron chi connectivity index (χ2n) is 10.4. The first kappa shape index (κ1) is 25.8. The second-order valence-corrected chi connectivity index (χ2v) is 13.7. The van der Waals surface area contributed by atoms with E-state index in [0.29, 0.717) is 22.3 Å². The summed E-state index contributed by atoms with van der Waals surface area (Å²) in [5, 5.41) is 13.0. The maximum atomic E-state index is 13.4. The van der Waals surface area contributed by atoms with Crippen LogP contribution in [-0.4, -0.2) is 42.1 Å². The number of aromatic nitrogens is 2. The van der Waals surface area contributed by atoms with Gasteiger partial charge in [-0.2, -0.15) is 5.10 Å². The Morgan fingerprint density at radius 1 is 1.08 bits per heavy atom. The van der Waals surface area contributed by atoms with E-state index >= 15 is 0 Å². The minimum Gasteiger partial charge on any atom is -0.447 e. The van der Waals surface area contributed by atoms with Gasteiger partial charge in [0.1, 0.15) is 0 Å². The number of amides is 1. The van der Waals surface area contributed by atoms with Crippen LogP contribution in [0, 0.1) is 6.92 Å². The molecule has 1 aromatic carbocycles. The quantitative estimate of drug-likeness (QED) is 0.308. The minimum atomic E-state index is -3.41. The molecule has 198 valence electrons. The Bertz CT molecular complexity index is 1370. The number of alkyl carbamates (subject to hydrolysis) is 1. The van der Waals surface area contributed by atoms with Crippen LogP contribution in [0.4, 0.5) is 16.3 Å². The molecule has 0 atom stereocenters. The zero-order chi connectivity index (χ0) is 26.2. The van der Waals surface area contributed by atoms with E-state index in [1.165, 1.54) is 4.88 Å². The van der Waals surface area contributed by atoms with Gasteiger partial charge in [0.25, 0.3) is 0 Å². The number of thiophene rings is 1. The molecule has 2 saturated carbocycles. The highest BCUT2D eigenvalue weighted by atomic mass is 32.2. The summed E-state index contributed by atoms with van der Waals surface area (Å²) in [5.41, 5.74) is 2.39. The van der Waals surface area contributed by atoms with Crippen LogP contribution in [0.2, 0.25) is 0 Å². The first-order valence-corrected chi connectivity index (χ1v) is 15.3. The summed E-state index contributed by atoms with van der Waals surface area (Å²) in [7, 11) is -3.41. The van der Waals surface area contributed by atoms with Gasteiger partial charge >= 0.3 is 6.09 Å². The monoisotopic (exact) mass is 542 g/mol. The zero-order valence-electron chi connectivity index (χ0n) is 21.4. The fourth-order valence-corrected chi connectivity index (χ4v) is 8.05. The third-order valence-electron chi connectivity index (χ3n) is 6.92. The van der Waals surface area contributed by atoms with E-state index in [1.54, 1.807) is 17.4 Å². The molecular weight excluding hydrogens is 508 g/mol. The lowest BCUT2D eigenvalue weighted by molar-refractivity contribution is 0.109. The van der Waals surface area contributed by atoms with Crippen LogP contribution in [0.25, 0.3) is 10.4 Å². The Labute approximate surface area is 222 Å². The molecule has 3 aromatic rings. The number of carbonyl (C=O) groups is 1. The lowest BCUT2D eigenvalue weighted by Gasteiger charge is -2.28. The largest absolute Gasteiger partial charge is 0.447 e. The average molecular weight is 543 g/mol.